The van der Waals surface area contributed by atoms with Gasteiger partial charge in [0.2, 0.25) is 0 Å². The molecule has 1 aromatic carbocycles. The zero-order chi connectivity index (χ0) is 13.4. The number of rotatable bonds is 7. The van der Waals surface area contributed by atoms with Crippen molar-refractivity contribution in [3.8, 4) is 5.75 Å². The maximum atomic E-state index is 11.5. The Kier molecular flexibility index (Phi) is 5.32. The van der Waals surface area contributed by atoms with Crippen molar-refractivity contribution >= 4 is 12.4 Å². The topological polar surface area (TPSA) is 64.6 Å². The van der Waals surface area contributed by atoms with E-state index in [9.17, 15) is 9.59 Å². The van der Waals surface area contributed by atoms with E-state index in [4.69, 9.17) is 9.47 Å². The highest BCUT2D eigenvalue weighted by Gasteiger charge is 2.18. The van der Waals surface area contributed by atoms with Crippen LogP contribution in [0.4, 0.5) is 0 Å². The smallest absolute Gasteiger partial charge is 0.325 e. The molecule has 5 heteroatoms. The van der Waals surface area contributed by atoms with Gasteiger partial charge >= 0.3 is 5.97 Å². The van der Waals surface area contributed by atoms with E-state index in [-0.39, 0.29) is 12.5 Å². The molecule has 18 heavy (non-hydrogen) atoms. The molecule has 0 aliphatic rings. The van der Waals surface area contributed by atoms with Crippen molar-refractivity contribution in [3.63, 3.8) is 0 Å². The van der Waals surface area contributed by atoms with Crippen molar-refractivity contribution in [1.29, 1.82) is 0 Å². The molecule has 0 heterocycles. The van der Waals surface area contributed by atoms with Crippen molar-refractivity contribution in [1.82, 2.24) is 5.32 Å². The molecule has 0 aliphatic heterocycles. The Bertz CT molecular complexity index is 389. The quantitative estimate of drug-likeness (QED) is 0.447. The summed E-state index contributed by atoms with van der Waals surface area (Å²) in [5.41, 5.74) is -0.644. The zero-order valence-electron chi connectivity index (χ0n) is 10.5. The maximum Gasteiger partial charge on any atom is 0.325 e. The standard InChI is InChI=1S/C13H17NO4/c1-13(2,17-10-15)9-14-8-12(16)18-11-6-4-3-5-7-11/h3-7,10,14H,8-9H2,1-2H3. The van der Waals surface area contributed by atoms with Gasteiger partial charge in [-0.1, -0.05) is 18.2 Å². The summed E-state index contributed by atoms with van der Waals surface area (Å²) in [4.78, 5) is 21.7. The van der Waals surface area contributed by atoms with Crippen LogP contribution in [0.3, 0.4) is 0 Å². The normalized spacial score (nSPS) is 10.8. The predicted octanol–water partition coefficient (Wildman–Crippen LogP) is 1.13. The van der Waals surface area contributed by atoms with Crippen molar-refractivity contribution in [2.24, 2.45) is 0 Å². The first-order valence-corrected chi connectivity index (χ1v) is 5.61. The van der Waals surface area contributed by atoms with Crippen LogP contribution in [-0.4, -0.2) is 31.1 Å². The van der Waals surface area contributed by atoms with Crippen LogP contribution in [0.15, 0.2) is 30.3 Å². The van der Waals surface area contributed by atoms with Crippen LogP contribution in [0.1, 0.15) is 13.8 Å². The summed E-state index contributed by atoms with van der Waals surface area (Å²) in [6, 6.07) is 8.83. The predicted molar refractivity (Wildman–Crippen MR) is 66.2 cm³/mol. The van der Waals surface area contributed by atoms with Crippen LogP contribution in [0.2, 0.25) is 0 Å². The molecular weight excluding hydrogens is 234 g/mol. The molecule has 1 aromatic rings. The molecule has 0 bridgehead atoms. The Morgan fingerprint density at radius 2 is 2.00 bits per heavy atom. The third kappa shape index (κ3) is 5.45. The molecule has 1 rings (SSSR count). The molecule has 0 saturated carbocycles. The molecule has 5 nitrogen and oxygen atoms in total. The lowest BCUT2D eigenvalue weighted by molar-refractivity contribution is -0.140. The average Bonchev–Trinajstić information content (AvgIpc) is 2.29. The van der Waals surface area contributed by atoms with Gasteiger partial charge in [0.15, 0.2) is 0 Å². The monoisotopic (exact) mass is 251 g/mol. The second kappa shape index (κ2) is 6.76. The van der Waals surface area contributed by atoms with E-state index in [2.05, 4.69) is 5.32 Å². The highest BCUT2D eigenvalue weighted by molar-refractivity contribution is 5.74. The maximum absolute atomic E-state index is 11.5. The van der Waals surface area contributed by atoms with E-state index >= 15 is 0 Å². The summed E-state index contributed by atoms with van der Waals surface area (Å²) in [5.74, 6) is 0.121. The Labute approximate surface area is 106 Å². The van der Waals surface area contributed by atoms with Crippen molar-refractivity contribution in [2.75, 3.05) is 13.1 Å². The number of esters is 1. The molecule has 1 N–H and O–H groups in total. The van der Waals surface area contributed by atoms with Gasteiger partial charge in [0.05, 0.1) is 6.54 Å². The van der Waals surface area contributed by atoms with E-state index in [1.165, 1.54) is 0 Å². The van der Waals surface area contributed by atoms with Gasteiger partial charge < -0.3 is 14.8 Å². The fourth-order valence-corrected chi connectivity index (χ4v) is 1.29. The Morgan fingerprint density at radius 1 is 1.33 bits per heavy atom. The van der Waals surface area contributed by atoms with Gasteiger partial charge in [0, 0.05) is 6.54 Å². The molecule has 0 aliphatic carbocycles. The second-order valence-electron chi connectivity index (χ2n) is 4.36. The number of nitrogens with one attached hydrogen (secondary N) is 1. The van der Waals surface area contributed by atoms with E-state index in [0.717, 1.165) is 0 Å². The molecule has 0 amide bonds. The van der Waals surface area contributed by atoms with Crippen molar-refractivity contribution < 1.29 is 19.1 Å². The molecular formula is C13H17NO4. The average molecular weight is 251 g/mol. The van der Waals surface area contributed by atoms with E-state index in [0.29, 0.717) is 18.8 Å². The molecule has 0 radical (unpaired) electrons. The van der Waals surface area contributed by atoms with Crippen molar-refractivity contribution in [3.05, 3.63) is 30.3 Å². The number of hydrogen-bond donors (Lipinski definition) is 1. The van der Waals surface area contributed by atoms with E-state index in [1.807, 2.05) is 6.07 Å². The van der Waals surface area contributed by atoms with Crippen LogP contribution in [0, 0.1) is 0 Å². The summed E-state index contributed by atoms with van der Waals surface area (Å²) < 4.78 is 9.91. The van der Waals surface area contributed by atoms with Gasteiger partial charge in [0.25, 0.3) is 6.47 Å². The summed E-state index contributed by atoms with van der Waals surface area (Å²) in [5, 5.41) is 2.87. The lowest BCUT2D eigenvalue weighted by Gasteiger charge is -2.22. The van der Waals surface area contributed by atoms with E-state index < -0.39 is 5.60 Å². The molecule has 0 fully saturated rings. The van der Waals surface area contributed by atoms with Crippen LogP contribution in [0.5, 0.6) is 5.75 Å². The number of carbonyl (C=O) groups is 2. The number of para-hydroxylation sites is 1. The Morgan fingerprint density at radius 3 is 2.61 bits per heavy atom. The third-order valence-corrected chi connectivity index (χ3v) is 2.16. The molecule has 0 spiro atoms. The molecule has 0 atom stereocenters. The first kappa shape index (κ1) is 14.2. The van der Waals surface area contributed by atoms with Gasteiger partial charge in [-0.3, -0.25) is 9.59 Å². The minimum Gasteiger partial charge on any atom is -0.461 e. The minimum absolute atomic E-state index is 0.0561. The van der Waals surface area contributed by atoms with Crippen LogP contribution in [0.25, 0.3) is 0 Å². The first-order valence-electron chi connectivity index (χ1n) is 5.61. The fraction of sp³-hybridized carbons (Fsp3) is 0.385. The van der Waals surface area contributed by atoms with Gasteiger partial charge in [0.1, 0.15) is 11.4 Å². The van der Waals surface area contributed by atoms with Gasteiger partial charge in [-0.2, -0.15) is 0 Å². The van der Waals surface area contributed by atoms with Gasteiger partial charge in [-0.05, 0) is 26.0 Å². The summed E-state index contributed by atoms with van der Waals surface area (Å²) in [6.45, 7) is 4.31. The third-order valence-electron chi connectivity index (χ3n) is 2.16. The van der Waals surface area contributed by atoms with Crippen molar-refractivity contribution in [2.45, 2.75) is 19.4 Å². The number of benzene rings is 1. The first-order chi connectivity index (χ1) is 8.53. The molecule has 0 saturated heterocycles. The summed E-state index contributed by atoms with van der Waals surface area (Å²) in [6.07, 6.45) is 0. The number of hydrogen-bond acceptors (Lipinski definition) is 5. The fourth-order valence-electron chi connectivity index (χ4n) is 1.29. The molecule has 98 valence electrons. The van der Waals surface area contributed by atoms with Gasteiger partial charge in [-0.25, -0.2) is 0 Å². The Hall–Kier alpha value is -1.88. The molecule has 0 aromatic heterocycles. The molecule has 0 unspecified atom stereocenters. The number of ether oxygens (including phenoxy) is 2. The highest BCUT2D eigenvalue weighted by atomic mass is 16.5. The second-order valence-corrected chi connectivity index (χ2v) is 4.36. The highest BCUT2D eigenvalue weighted by Crippen LogP contribution is 2.08. The van der Waals surface area contributed by atoms with E-state index in [1.54, 1.807) is 38.1 Å². The summed E-state index contributed by atoms with van der Waals surface area (Å²) >= 11 is 0. The largest absolute Gasteiger partial charge is 0.461 e. The van der Waals surface area contributed by atoms with Gasteiger partial charge in [-0.15, -0.1) is 0 Å². The summed E-state index contributed by atoms with van der Waals surface area (Å²) in [7, 11) is 0. The van der Waals surface area contributed by atoms with Crippen LogP contribution < -0.4 is 10.1 Å². The lowest BCUT2D eigenvalue weighted by Crippen LogP contribution is -2.40. The van der Waals surface area contributed by atoms with Crippen LogP contribution in [-0.2, 0) is 14.3 Å². The minimum atomic E-state index is -0.644. The SMILES string of the molecule is CC(C)(CNCC(=O)Oc1ccccc1)OC=O. The lowest BCUT2D eigenvalue weighted by atomic mass is 10.1. The number of carbonyl (C=O) groups excluding carboxylic acids is 2. The Balaban J connectivity index is 2.28. The van der Waals surface area contributed by atoms with Crippen LogP contribution >= 0.6 is 0 Å². The zero-order valence-corrected chi connectivity index (χ0v) is 10.5.